The number of ether oxygens (including phenoxy) is 1. The fourth-order valence-electron chi connectivity index (χ4n) is 2.50. The number of hydrogen-bond donors (Lipinski definition) is 0. The molecule has 0 saturated carbocycles. The third kappa shape index (κ3) is 3.86. The molecule has 0 spiro atoms. The van der Waals surface area contributed by atoms with Crippen LogP contribution in [0.5, 0.6) is 0 Å². The summed E-state index contributed by atoms with van der Waals surface area (Å²) in [6.45, 7) is 3.67. The summed E-state index contributed by atoms with van der Waals surface area (Å²) >= 11 is 3.08. The van der Waals surface area contributed by atoms with Crippen molar-refractivity contribution in [2.24, 2.45) is 0 Å². The van der Waals surface area contributed by atoms with E-state index in [0.29, 0.717) is 34.7 Å². The quantitative estimate of drug-likeness (QED) is 0.423. The van der Waals surface area contributed by atoms with Crippen molar-refractivity contribution in [1.29, 1.82) is 0 Å². The van der Waals surface area contributed by atoms with Gasteiger partial charge in [-0.2, -0.15) is 0 Å². The predicted molar refractivity (Wildman–Crippen MR) is 103 cm³/mol. The Kier molecular flexibility index (Phi) is 4.91. The van der Waals surface area contributed by atoms with Crippen LogP contribution in [0.2, 0.25) is 0 Å². The largest absolute Gasteiger partial charge is 0.459 e. The Morgan fingerprint density at radius 3 is 2.07 bits per heavy atom. The molecule has 0 radical (unpaired) electrons. The molecule has 0 amide bonds. The first-order valence-electron chi connectivity index (χ1n) is 8.26. The first-order chi connectivity index (χ1) is 13.1. The third-order valence-electron chi connectivity index (χ3n) is 3.93. The number of aromatic nitrogens is 2. The van der Waals surface area contributed by atoms with E-state index in [-0.39, 0.29) is 19.0 Å². The van der Waals surface area contributed by atoms with Crippen molar-refractivity contribution in [1.82, 2.24) is 9.97 Å². The number of carbonyl (C=O) groups is 1. The summed E-state index contributed by atoms with van der Waals surface area (Å²) in [5.41, 5.74) is 1.20. The summed E-state index contributed by atoms with van der Waals surface area (Å²) in [6.07, 6.45) is 0.0510. The maximum absolute atomic E-state index is 12.2. The fourth-order valence-corrected chi connectivity index (χ4v) is 3.80. The molecule has 0 aliphatic rings. The highest BCUT2D eigenvalue weighted by molar-refractivity contribution is 7.13. The minimum absolute atomic E-state index is 0.0510. The molecule has 27 heavy (non-hydrogen) atoms. The zero-order chi connectivity index (χ0) is 18.8. The van der Waals surface area contributed by atoms with E-state index in [1.807, 2.05) is 41.9 Å². The Morgan fingerprint density at radius 1 is 0.963 bits per heavy atom. The van der Waals surface area contributed by atoms with Gasteiger partial charge >= 0.3 is 5.97 Å². The lowest BCUT2D eigenvalue weighted by Crippen LogP contribution is -2.09. The second-order valence-electron chi connectivity index (χ2n) is 5.84. The zero-order valence-electron chi connectivity index (χ0n) is 14.7. The summed E-state index contributed by atoms with van der Waals surface area (Å²) in [7, 11) is 0. The van der Waals surface area contributed by atoms with E-state index in [4.69, 9.17) is 13.6 Å². The maximum atomic E-state index is 12.2. The molecule has 0 N–H and O–H groups in total. The summed E-state index contributed by atoms with van der Waals surface area (Å²) < 4.78 is 16.7. The van der Waals surface area contributed by atoms with Crippen LogP contribution < -0.4 is 0 Å². The second kappa shape index (κ2) is 7.50. The Morgan fingerprint density at radius 2 is 1.52 bits per heavy atom. The molecule has 4 aromatic heterocycles. The molecule has 0 aliphatic carbocycles. The van der Waals surface area contributed by atoms with Crippen LogP contribution in [0.15, 0.2) is 43.9 Å². The first-order valence-corrected chi connectivity index (χ1v) is 10.0. The highest BCUT2D eigenvalue weighted by Gasteiger charge is 2.18. The number of oxazole rings is 2. The van der Waals surface area contributed by atoms with Crippen LogP contribution >= 0.6 is 22.7 Å². The van der Waals surface area contributed by atoms with Gasteiger partial charge in [-0.05, 0) is 36.7 Å². The van der Waals surface area contributed by atoms with E-state index in [1.165, 1.54) is 11.3 Å². The van der Waals surface area contributed by atoms with Gasteiger partial charge in [-0.15, -0.1) is 22.7 Å². The average Bonchev–Trinajstić information content (AvgIpc) is 3.42. The van der Waals surface area contributed by atoms with Crippen LogP contribution in [0.25, 0.3) is 21.5 Å². The normalized spacial score (nSPS) is 11.0. The van der Waals surface area contributed by atoms with Gasteiger partial charge in [-0.1, -0.05) is 12.1 Å². The van der Waals surface area contributed by atoms with Gasteiger partial charge in [0.1, 0.15) is 23.8 Å². The Bertz CT molecular complexity index is 1050. The highest BCUT2D eigenvalue weighted by atomic mass is 32.1. The van der Waals surface area contributed by atoms with E-state index in [2.05, 4.69) is 9.97 Å². The maximum Gasteiger partial charge on any atom is 0.312 e. The molecule has 8 heteroatoms. The van der Waals surface area contributed by atoms with E-state index >= 15 is 0 Å². The molecule has 0 unspecified atom stereocenters. The lowest BCUT2D eigenvalue weighted by Gasteiger charge is -2.01. The molecular formula is C19H16N2O4S2. The molecule has 4 rings (SSSR count). The fraction of sp³-hybridized carbons (Fsp3) is 0.211. The number of nitrogens with zero attached hydrogens (tertiary/aromatic N) is 2. The molecule has 0 bridgehead atoms. The topological polar surface area (TPSA) is 78.4 Å². The van der Waals surface area contributed by atoms with Gasteiger partial charge in [-0.25, -0.2) is 9.97 Å². The minimum Gasteiger partial charge on any atom is -0.459 e. The van der Waals surface area contributed by atoms with Crippen molar-refractivity contribution in [2.45, 2.75) is 26.9 Å². The Labute approximate surface area is 163 Å². The Balaban J connectivity index is 1.39. The molecule has 0 aromatic carbocycles. The molecule has 0 aliphatic heterocycles. The standard InChI is InChI=1S/C19H16N2O4S2/c1-11-13(20-18(24-11)15-5-3-7-26-15)9-17(22)23-10-14-12(2)25-19(21-14)16-6-4-8-27-16/h3-8H,9-10H2,1-2H3. The van der Waals surface area contributed by atoms with Crippen molar-refractivity contribution < 1.29 is 18.4 Å². The van der Waals surface area contributed by atoms with Crippen LogP contribution in [0.1, 0.15) is 22.9 Å². The molecule has 4 heterocycles. The lowest BCUT2D eigenvalue weighted by molar-refractivity contribution is -0.144. The SMILES string of the molecule is Cc1oc(-c2cccs2)nc1COC(=O)Cc1nc(-c2cccs2)oc1C. The number of hydrogen-bond acceptors (Lipinski definition) is 8. The monoisotopic (exact) mass is 400 g/mol. The molecule has 6 nitrogen and oxygen atoms in total. The summed E-state index contributed by atoms with van der Waals surface area (Å²) in [5, 5.41) is 3.91. The van der Waals surface area contributed by atoms with E-state index in [0.717, 1.165) is 9.75 Å². The van der Waals surface area contributed by atoms with Gasteiger partial charge in [0.15, 0.2) is 0 Å². The van der Waals surface area contributed by atoms with Crippen molar-refractivity contribution in [3.63, 3.8) is 0 Å². The van der Waals surface area contributed by atoms with E-state index in [9.17, 15) is 4.79 Å². The number of thiophene rings is 2. The second-order valence-corrected chi connectivity index (χ2v) is 7.73. The smallest absolute Gasteiger partial charge is 0.312 e. The van der Waals surface area contributed by atoms with Crippen molar-refractivity contribution in [2.75, 3.05) is 0 Å². The highest BCUT2D eigenvalue weighted by Crippen LogP contribution is 2.27. The van der Waals surface area contributed by atoms with Crippen LogP contribution in [-0.4, -0.2) is 15.9 Å². The predicted octanol–water partition coefficient (Wildman–Crippen LogP) is 5.02. The number of rotatable bonds is 6. The third-order valence-corrected chi connectivity index (χ3v) is 5.65. The van der Waals surface area contributed by atoms with Crippen LogP contribution in [-0.2, 0) is 22.6 Å². The first kappa shape index (κ1) is 17.7. The number of esters is 1. The van der Waals surface area contributed by atoms with Crippen molar-refractivity contribution in [3.05, 3.63) is 57.9 Å². The average molecular weight is 400 g/mol. The van der Waals surface area contributed by atoms with Gasteiger partial charge in [-0.3, -0.25) is 4.79 Å². The molecule has 0 atom stereocenters. The zero-order valence-corrected chi connectivity index (χ0v) is 16.4. The van der Waals surface area contributed by atoms with Crippen LogP contribution in [0.3, 0.4) is 0 Å². The minimum atomic E-state index is -0.385. The molecule has 0 saturated heterocycles. The van der Waals surface area contributed by atoms with Gasteiger partial charge in [0, 0.05) is 0 Å². The van der Waals surface area contributed by atoms with Gasteiger partial charge in [0.25, 0.3) is 0 Å². The molecule has 4 aromatic rings. The molecular weight excluding hydrogens is 384 g/mol. The van der Waals surface area contributed by atoms with Crippen molar-refractivity contribution in [3.8, 4) is 21.5 Å². The van der Waals surface area contributed by atoms with Gasteiger partial charge in [0.2, 0.25) is 11.8 Å². The lowest BCUT2D eigenvalue weighted by atomic mass is 10.3. The van der Waals surface area contributed by atoms with Crippen LogP contribution in [0, 0.1) is 13.8 Å². The van der Waals surface area contributed by atoms with Crippen molar-refractivity contribution >= 4 is 28.6 Å². The summed E-state index contributed by atoms with van der Waals surface area (Å²) in [6, 6.07) is 7.73. The van der Waals surface area contributed by atoms with E-state index < -0.39 is 0 Å². The number of aryl methyl sites for hydroxylation is 2. The Hall–Kier alpha value is -2.71. The molecule has 138 valence electrons. The summed E-state index contributed by atoms with van der Waals surface area (Å²) in [4.78, 5) is 22.9. The number of carbonyl (C=O) groups excluding carboxylic acids is 1. The van der Waals surface area contributed by atoms with Crippen LogP contribution in [0.4, 0.5) is 0 Å². The van der Waals surface area contributed by atoms with Gasteiger partial charge < -0.3 is 13.6 Å². The van der Waals surface area contributed by atoms with Gasteiger partial charge in [0.05, 0.1) is 21.9 Å². The summed E-state index contributed by atoms with van der Waals surface area (Å²) in [5.74, 6) is 1.95. The molecule has 0 fully saturated rings. The van der Waals surface area contributed by atoms with E-state index in [1.54, 1.807) is 18.3 Å².